The number of unbranched alkanes of at least 4 members (excludes halogenated alkanes) is 1. The van der Waals surface area contributed by atoms with Crippen molar-refractivity contribution >= 4 is 32.8 Å². The van der Waals surface area contributed by atoms with E-state index in [0.717, 1.165) is 30.1 Å². The maximum Gasteiger partial charge on any atom is 0.243 e. The molecule has 1 aromatic carbocycles. The fourth-order valence-electron chi connectivity index (χ4n) is 2.84. The Hall–Kier alpha value is -1.09. The van der Waals surface area contributed by atoms with Gasteiger partial charge < -0.3 is 9.67 Å². The molecule has 0 aliphatic heterocycles. The van der Waals surface area contributed by atoms with Crippen molar-refractivity contribution in [2.45, 2.75) is 69.7 Å². The average molecular weight is 414 g/mol. The lowest BCUT2D eigenvalue weighted by molar-refractivity contribution is 0.107. The predicted octanol–water partition coefficient (Wildman–Crippen LogP) is 3.73. The molecule has 27 heavy (non-hydrogen) atoms. The predicted molar refractivity (Wildman–Crippen MR) is 112 cm³/mol. The quantitative estimate of drug-likeness (QED) is 0.601. The molecule has 0 atom stereocenters. The minimum absolute atomic E-state index is 0.276. The fourth-order valence-corrected chi connectivity index (χ4v) is 5.31. The average Bonchev–Trinajstić information content (AvgIpc) is 2.95. The summed E-state index contributed by atoms with van der Waals surface area (Å²) in [5.41, 5.74) is 0.813. The Labute approximate surface area is 167 Å². The number of aromatic nitrogens is 2. The summed E-state index contributed by atoms with van der Waals surface area (Å²) in [4.78, 5) is 4.96. The van der Waals surface area contributed by atoms with E-state index < -0.39 is 15.6 Å². The molecule has 1 aromatic heterocycles. The van der Waals surface area contributed by atoms with Crippen LogP contribution in [0, 0.1) is 0 Å². The summed E-state index contributed by atoms with van der Waals surface area (Å²) in [6, 6.07) is 5.19. The molecule has 1 heterocycles. The Balaban J connectivity index is 2.48. The molecule has 2 aromatic rings. The maximum absolute atomic E-state index is 12.8. The number of hydrogen-bond donors (Lipinski definition) is 1. The first-order chi connectivity index (χ1) is 12.6. The zero-order chi connectivity index (χ0) is 20.2. The monoisotopic (exact) mass is 413 g/mol. The van der Waals surface area contributed by atoms with Gasteiger partial charge in [-0.1, -0.05) is 39.0 Å². The van der Waals surface area contributed by atoms with Crippen LogP contribution < -0.4 is 0 Å². The van der Waals surface area contributed by atoms with E-state index in [-0.39, 0.29) is 4.90 Å². The topological polar surface area (TPSA) is 75.4 Å². The van der Waals surface area contributed by atoms with Crippen molar-refractivity contribution in [3.63, 3.8) is 0 Å². The van der Waals surface area contributed by atoms with E-state index >= 15 is 0 Å². The number of sulfonamides is 1. The lowest BCUT2D eigenvalue weighted by Crippen LogP contribution is -2.30. The molecule has 0 aliphatic rings. The van der Waals surface area contributed by atoms with Crippen LogP contribution in [-0.4, -0.2) is 51.8 Å². The largest absolute Gasteiger partial charge is 0.390 e. The highest BCUT2D eigenvalue weighted by molar-refractivity contribution is 7.99. The molecule has 152 valence electrons. The van der Waals surface area contributed by atoms with E-state index in [1.54, 1.807) is 26.0 Å². The number of fused-ring (bicyclic) bond motifs is 1. The highest BCUT2D eigenvalue weighted by atomic mass is 32.2. The van der Waals surface area contributed by atoms with E-state index in [4.69, 9.17) is 0 Å². The molecule has 0 saturated heterocycles. The zero-order valence-electron chi connectivity index (χ0n) is 16.9. The van der Waals surface area contributed by atoms with Crippen molar-refractivity contribution in [1.29, 1.82) is 0 Å². The lowest BCUT2D eigenvalue weighted by Gasteiger charge is -2.18. The van der Waals surface area contributed by atoms with Gasteiger partial charge in [-0.15, -0.1) is 0 Å². The summed E-state index contributed by atoms with van der Waals surface area (Å²) in [6.07, 6.45) is 2.07. The van der Waals surface area contributed by atoms with Gasteiger partial charge in [0, 0.05) is 25.4 Å². The first-order valence-electron chi connectivity index (χ1n) is 9.49. The molecule has 0 aliphatic carbocycles. The number of aryl methyl sites for hydroxylation is 1. The van der Waals surface area contributed by atoms with Crippen molar-refractivity contribution in [2.75, 3.05) is 18.8 Å². The number of nitrogens with zero attached hydrogens (tertiary/aromatic N) is 3. The smallest absolute Gasteiger partial charge is 0.243 e. The normalized spacial score (nSPS) is 13.0. The molecule has 2 rings (SSSR count). The van der Waals surface area contributed by atoms with Gasteiger partial charge in [0.15, 0.2) is 5.16 Å². The highest BCUT2D eigenvalue weighted by Crippen LogP contribution is 2.29. The van der Waals surface area contributed by atoms with E-state index in [0.29, 0.717) is 24.4 Å². The molecule has 0 unspecified atom stereocenters. The third kappa shape index (κ3) is 5.25. The van der Waals surface area contributed by atoms with Crippen LogP contribution in [0.2, 0.25) is 0 Å². The Morgan fingerprint density at radius 3 is 2.44 bits per heavy atom. The van der Waals surface area contributed by atoms with E-state index in [2.05, 4.69) is 16.5 Å². The van der Waals surface area contributed by atoms with Crippen molar-refractivity contribution in [3.05, 3.63) is 18.2 Å². The zero-order valence-corrected chi connectivity index (χ0v) is 18.5. The molecule has 8 heteroatoms. The summed E-state index contributed by atoms with van der Waals surface area (Å²) in [7, 11) is -3.51. The van der Waals surface area contributed by atoms with Crippen LogP contribution in [0.5, 0.6) is 0 Å². The fraction of sp³-hybridized carbons (Fsp3) is 0.632. The molecule has 0 radical (unpaired) electrons. The number of rotatable bonds is 10. The van der Waals surface area contributed by atoms with Crippen LogP contribution in [0.15, 0.2) is 28.3 Å². The van der Waals surface area contributed by atoms with Crippen LogP contribution in [0.4, 0.5) is 0 Å². The number of thioether (sulfide) groups is 1. The Morgan fingerprint density at radius 2 is 1.89 bits per heavy atom. The molecule has 0 bridgehead atoms. The van der Waals surface area contributed by atoms with Crippen LogP contribution in [0.3, 0.4) is 0 Å². The standard InChI is InChI=1S/C19H31N3O3S2/c1-6-9-12-22-17-11-10-15(27(24,25)21(7-2)8-3)13-16(17)20-18(22)26-14-19(4,5)23/h10-11,13,23H,6-9,12,14H2,1-5H3. The lowest BCUT2D eigenvalue weighted by atomic mass is 10.2. The number of benzene rings is 1. The first kappa shape index (κ1) is 22.2. The number of imidazole rings is 1. The van der Waals surface area contributed by atoms with E-state index in [9.17, 15) is 13.5 Å². The third-order valence-electron chi connectivity index (χ3n) is 4.32. The van der Waals surface area contributed by atoms with Gasteiger partial charge in [0.05, 0.1) is 21.5 Å². The molecular formula is C19H31N3O3S2. The van der Waals surface area contributed by atoms with Gasteiger partial charge in [-0.3, -0.25) is 0 Å². The summed E-state index contributed by atoms with van der Waals surface area (Å²) in [5.74, 6) is 0.521. The number of aliphatic hydroxyl groups is 1. The van der Waals surface area contributed by atoms with Crippen molar-refractivity contribution < 1.29 is 13.5 Å². The van der Waals surface area contributed by atoms with Crippen molar-refractivity contribution in [1.82, 2.24) is 13.9 Å². The van der Waals surface area contributed by atoms with Crippen molar-refractivity contribution in [3.8, 4) is 0 Å². The van der Waals surface area contributed by atoms with E-state index in [1.807, 2.05) is 19.9 Å². The SMILES string of the molecule is CCCCn1c(SCC(C)(C)O)nc2cc(S(=O)(=O)N(CC)CC)ccc21. The third-order valence-corrected chi connectivity index (χ3v) is 7.78. The van der Waals surface area contributed by atoms with Gasteiger partial charge in [0.25, 0.3) is 0 Å². The van der Waals surface area contributed by atoms with Crippen LogP contribution >= 0.6 is 11.8 Å². The van der Waals surface area contributed by atoms with Crippen molar-refractivity contribution in [2.24, 2.45) is 0 Å². The Morgan fingerprint density at radius 1 is 1.22 bits per heavy atom. The highest BCUT2D eigenvalue weighted by Gasteiger charge is 2.23. The van der Waals surface area contributed by atoms with Crippen LogP contribution in [0.25, 0.3) is 11.0 Å². The first-order valence-corrected chi connectivity index (χ1v) is 11.9. The Kier molecular flexibility index (Phi) is 7.35. The summed E-state index contributed by atoms with van der Waals surface area (Å²) in [6.45, 7) is 11.1. The van der Waals surface area contributed by atoms with Gasteiger partial charge in [0.1, 0.15) is 0 Å². The van der Waals surface area contributed by atoms with E-state index in [1.165, 1.54) is 16.1 Å². The molecule has 0 saturated carbocycles. The summed E-state index contributed by atoms with van der Waals surface area (Å²) in [5, 5.41) is 10.9. The molecule has 0 amide bonds. The maximum atomic E-state index is 12.8. The second kappa shape index (κ2) is 8.94. The minimum atomic E-state index is -3.51. The molecule has 6 nitrogen and oxygen atoms in total. The molecule has 0 spiro atoms. The van der Waals surface area contributed by atoms with Gasteiger partial charge in [-0.05, 0) is 38.5 Å². The van der Waals surface area contributed by atoms with Gasteiger partial charge in [0.2, 0.25) is 10.0 Å². The summed E-state index contributed by atoms with van der Waals surface area (Å²) < 4.78 is 29.2. The van der Waals surface area contributed by atoms with Gasteiger partial charge in [-0.2, -0.15) is 4.31 Å². The van der Waals surface area contributed by atoms with Gasteiger partial charge in [-0.25, -0.2) is 13.4 Å². The molecular weight excluding hydrogens is 382 g/mol. The van der Waals surface area contributed by atoms with Crippen LogP contribution in [0.1, 0.15) is 47.5 Å². The molecule has 0 fully saturated rings. The minimum Gasteiger partial charge on any atom is -0.390 e. The summed E-state index contributed by atoms with van der Waals surface area (Å²) >= 11 is 1.50. The second-order valence-corrected chi connectivity index (χ2v) is 10.1. The Bertz CT molecular complexity index is 866. The molecule has 1 N–H and O–H groups in total. The second-order valence-electron chi connectivity index (χ2n) is 7.24. The van der Waals surface area contributed by atoms with Gasteiger partial charge >= 0.3 is 0 Å². The van der Waals surface area contributed by atoms with Crippen LogP contribution in [-0.2, 0) is 16.6 Å². The number of hydrogen-bond acceptors (Lipinski definition) is 5.